The van der Waals surface area contributed by atoms with Gasteiger partial charge in [-0.3, -0.25) is 9.69 Å². The quantitative estimate of drug-likeness (QED) is 0.589. The summed E-state index contributed by atoms with van der Waals surface area (Å²) in [7, 11) is 2.18. The van der Waals surface area contributed by atoms with Crippen LogP contribution in [-0.4, -0.2) is 98.8 Å². The number of aromatic nitrogens is 5. The van der Waals surface area contributed by atoms with E-state index >= 15 is 0 Å². The Balaban J connectivity index is 1.39. The van der Waals surface area contributed by atoms with Crippen molar-refractivity contribution < 1.29 is 9.90 Å². The average molecular weight is 443 g/mol. The van der Waals surface area contributed by atoms with Crippen molar-refractivity contribution in [2.75, 3.05) is 51.2 Å². The highest BCUT2D eigenvalue weighted by Gasteiger charge is 2.35. The molecule has 2 aliphatic rings. The Kier molecular flexibility index (Phi) is 7.00. The number of carbonyl (C=O) groups is 1. The van der Waals surface area contributed by atoms with Gasteiger partial charge in [-0.2, -0.15) is 5.21 Å². The third kappa shape index (κ3) is 5.24. The number of anilines is 1. The van der Waals surface area contributed by atoms with E-state index in [1.54, 1.807) is 0 Å². The molecule has 2 atom stereocenters. The second-order valence-corrected chi connectivity index (χ2v) is 9.58. The number of pyridine rings is 1. The van der Waals surface area contributed by atoms with E-state index in [9.17, 15) is 9.90 Å². The van der Waals surface area contributed by atoms with Crippen LogP contribution in [0.15, 0.2) is 18.3 Å². The van der Waals surface area contributed by atoms with Gasteiger partial charge in [-0.05, 0) is 37.4 Å². The summed E-state index contributed by atoms with van der Waals surface area (Å²) in [4.78, 5) is 24.0. The average Bonchev–Trinajstić information content (AvgIpc) is 3.26. The Morgan fingerprint density at radius 2 is 1.97 bits per heavy atom. The highest BCUT2D eigenvalue weighted by atomic mass is 16.4. The summed E-state index contributed by atoms with van der Waals surface area (Å²) in [6.07, 6.45) is 2.93. The van der Waals surface area contributed by atoms with Gasteiger partial charge < -0.3 is 14.9 Å². The zero-order valence-corrected chi connectivity index (χ0v) is 19.2. The molecule has 32 heavy (non-hydrogen) atoms. The van der Waals surface area contributed by atoms with E-state index < -0.39 is 11.9 Å². The first-order chi connectivity index (χ1) is 15.4. The molecule has 10 nitrogen and oxygen atoms in total. The van der Waals surface area contributed by atoms with Gasteiger partial charge in [0.15, 0.2) is 5.82 Å². The van der Waals surface area contributed by atoms with Crippen LogP contribution >= 0.6 is 0 Å². The number of nitrogens with zero attached hydrogens (tertiary/aromatic N) is 7. The number of likely N-dealkylation sites (N-methyl/N-ethyl adjacent to an activating group) is 1. The lowest BCUT2D eigenvalue weighted by atomic mass is 9.81. The molecule has 4 rings (SSSR count). The van der Waals surface area contributed by atoms with Crippen LogP contribution in [0.5, 0.6) is 0 Å². The van der Waals surface area contributed by atoms with Crippen LogP contribution in [-0.2, 0) is 11.2 Å². The normalized spacial score (nSPS) is 20.3. The molecule has 0 spiro atoms. The molecule has 2 N–H and O–H groups in total. The molecule has 0 bridgehead atoms. The van der Waals surface area contributed by atoms with Crippen molar-refractivity contribution in [3.63, 3.8) is 0 Å². The van der Waals surface area contributed by atoms with Gasteiger partial charge in [-0.1, -0.05) is 25.1 Å². The first-order valence-electron chi connectivity index (χ1n) is 11.5. The molecule has 0 radical (unpaired) electrons. The van der Waals surface area contributed by atoms with Gasteiger partial charge in [0.05, 0.1) is 5.92 Å². The Hall–Kier alpha value is -2.59. The lowest BCUT2D eigenvalue weighted by Gasteiger charge is -2.48. The fraction of sp³-hybridized carbons (Fsp3) is 0.682. The van der Waals surface area contributed by atoms with Gasteiger partial charge >= 0.3 is 5.97 Å². The van der Waals surface area contributed by atoms with E-state index in [4.69, 9.17) is 0 Å². The van der Waals surface area contributed by atoms with Crippen molar-refractivity contribution >= 4 is 11.8 Å². The maximum atomic E-state index is 12.0. The Labute approximate surface area is 189 Å². The van der Waals surface area contributed by atoms with E-state index in [1.807, 2.05) is 32.2 Å². The monoisotopic (exact) mass is 442 g/mol. The molecule has 0 aromatic carbocycles. The smallest absolute Gasteiger partial charge is 0.307 e. The summed E-state index contributed by atoms with van der Waals surface area (Å²) < 4.78 is 0. The van der Waals surface area contributed by atoms with Crippen LogP contribution in [0.1, 0.15) is 37.6 Å². The van der Waals surface area contributed by atoms with Crippen molar-refractivity contribution in [2.45, 2.75) is 38.6 Å². The SMILES string of the molecule is CC(C)C[C@H](C(=O)O)[C@H](Cc1ccc(N2CC(N3CCN(C)CC3)C2)nc1)c1nn[nH]n1. The number of nitrogens with one attached hydrogen (secondary N) is 1. The number of aliphatic carboxylic acids is 1. The summed E-state index contributed by atoms with van der Waals surface area (Å²) in [6.45, 7) is 10.6. The fourth-order valence-electron chi connectivity index (χ4n) is 4.72. The number of carboxylic acid groups (broad SMARTS) is 1. The molecule has 0 amide bonds. The van der Waals surface area contributed by atoms with Crippen molar-refractivity contribution in [1.29, 1.82) is 0 Å². The van der Waals surface area contributed by atoms with Crippen LogP contribution in [0.4, 0.5) is 5.82 Å². The largest absolute Gasteiger partial charge is 0.481 e. The lowest BCUT2D eigenvalue weighted by molar-refractivity contribution is -0.143. The van der Waals surface area contributed by atoms with Gasteiger partial charge in [-0.25, -0.2) is 4.98 Å². The van der Waals surface area contributed by atoms with Crippen LogP contribution in [0, 0.1) is 11.8 Å². The number of aromatic amines is 1. The number of hydrogen-bond donors (Lipinski definition) is 2. The number of rotatable bonds is 9. The molecule has 174 valence electrons. The molecule has 2 aromatic heterocycles. The molecule has 2 saturated heterocycles. The predicted octanol–water partition coefficient (Wildman–Crippen LogP) is 1.10. The van der Waals surface area contributed by atoms with E-state index in [-0.39, 0.29) is 11.8 Å². The van der Waals surface area contributed by atoms with Crippen LogP contribution < -0.4 is 4.90 Å². The van der Waals surface area contributed by atoms with Crippen molar-refractivity contribution in [3.8, 4) is 0 Å². The second kappa shape index (κ2) is 9.91. The molecule has 10 heteroatoms. The summed E-state index contributed by atoms with van der Waals surface area (Å²) in [5.41, 5.74) is 0.981. The fourth-order valence-corrected chi connectivity index (χ4v) is 4.72. The third-order valence-corrected chi connectivity index (χ3v) is 6.73. The van der Waals surface area contributed by atoms with Crippen molar-refractivity contribution in [2.24, 2.45) is 11.8 Å². The minimum atomic E-state index is -0.825. The molecule has 0 aliphatic carbocycles. The number of H-pyrrole nitrogens is 1. The first kappa shape index (κ1) is 22.6. The van der Waals surface area contributed by atoms with Crippen LogP contribution in [0.25, 0.3) is 0 Å². The standard InChI is InChI=1S/C22H34N8O2/c1-15(2)10-19(22(31)32)18(21-24-26-27-25-21)11-16-4-5-20(23-12-16)30-13-17(14-30)29-8-6-28(3)7-9-29/h4-5,12,15,17-19H,6-11,13-14H2,1-3H3,(H,31,32)(H,24,25,26,27)/t18-,19-/m0/s1. The van der Waals surface area contributed by atoms with E-state index in [1.165, 1.54) is 0 Å². The van der Waals surface area contributed by atoms with Gasteiger partial charge in [0, 0.05) is 57.4 Å². The second-order valence-electron chi connectivity index (χ2n) is 9.58. The van der Waals surface area contributed by atoms with Crippen molar-refractivity contribution in [1.82, 2.24) is 35.4 Å². The number of hydrogen-bond acceptors (Lipinski definition) is 8. The molecule has 4 heterocycles. The van der Waals surface area contributed by atoms with E-state index in [0.29, 0.717) is 24.7 Å². The zero-order valence-electron chi connectivity index (χ0n) is 19.2. The Morgan fingerprint density at radius 1 is 1.22 bits per heavy atom. The van der Waals surface area contributed by atoms with Crippen LogP contribution in [0.2, 0.25) is 0 Å². The maximum absolute atomic E-state index is 12.0. The molecule has 2 fully saturated rings. The molecule has 2 aromatic rings. The number of carboxylic acids is 1. The number of piperazine rings is 1. The first-order valence-corrected chi connectivity index (χ1v) is 11.5. The number of tetrazole rings is 1. The minimum Gasteiger partial charge on any atom is -0.481 e. The molecule has 0 unspecified atom stereocenters. The minimum absolute atomic E-state index is 0.255. The van der Waals surface area contributed by atoms with Crippen LogP contribution in [0.3, 0.4) is 0 Å². The summed E-state index contributed by atoms with van der Waals surface area (Å²) in [5, 5.41) is 24.2. The molecular formula is C22H34N8O2. The third-order valence-electron chi connectivity index (χ3n) is 6.73. The van der Waals surface area contributed by atoms with Gasteiger partial charge in [-0.15, -0.1) is 10.2 Å². The Bertz CT molecular complexity index is 859. The van der Waals surface area contributed by atoms with E-state index in [0.717, 1.165) is 50.6 Å². The van der Waals surface area contributed by atoms with Gasteiger partial charge in [0.25, 0.3) is 0 Å². The van der Waals surface area contributed by atoms with Gasteiger partial charge in [0.2, 0.25) is 0 Å². The summed E-state index contributed by atoms with van der Waals surface area (Å²) in [6, 6.07) is 4.70. The van der Waals surface area contributed by atoms with Crippen molar-refractivity contribution in [3.05, 3.63) is 29.7 Å². The zero-order chi connectivity index (χ0) is 22.7. The topological polar surface area (TPSA) is 114 Å². The van der Waals surface area contributed by atoms with Gasteiger partial charge in [0.1, 0.15) is 5.82 Å². The molecule has 2 aliphatic heterocycles. The highest BCUT2D eigenvalue weighted by molar-refractivity contribution is 5.71. The lowest BCUT2D eigenvalue weighted by Crippen LogP contribution is -2.63. The molecule has 0 saturated carbocycles. The summed E-state index contributed by atoms with van der Waals surface area (Å²) >= 11 is 0. The Morgan fingerprint density at radius 3 is 2.53 bits per heavy atom. The summed E-state index contributed by atoms with van der Waals surface area (Å²) in [5.74, 6) is -0.0784. The predicted molar refractivity (Wildman–Crippen MR) is 121 cm³/mol. The van der Waals surface area contributed by atoms with E-state index in [2.05, 4.69) is 47.4 Å². The maximum Gasteiger partial charge on any atom is 0.307 e. The highest BCUT2D eigenvalue weighted by Crippen LogP contribution is 2.31. The molecular weight excluding hydrogens is 408 g/mol.